The summed E-state index contributed by atoms with van der Waals surface area (Å²) in [5.74, 6) is -2.84. The number of aryl methyl sites for hydroxylation is 1. The van der Waals surface area contributed by atoms with Crippen LogP contribution in [-0.2, 0) is 27.2 Å². The van der Waals surface area contributed by atoms with Gasteiger partial charge in [-0.2, -0.15) is 9.93 Å². The lowest BCUT2D eigenvalue weighted by molar-refractivity contribution is -0.130. The van der Waals surface area contributed by atoms with Gasteiger partial charge in [0.25, 0.3) is 5.91 Å². The van der Waals surface area contributed by atoms with E-state index in [-0.39, 0.29) is 29.3 Å². The molecule has 2 aromatic rings. The van der Waals surface area contributed by atoms with E-state index in [0.29, 0.717) is 38.8 Å². The van der Waals surface area contributed by atoms with Crippen molar-refractivity contribution in [3.05, 3.63) is 59.2 Å². The minimum atomic E-state index is -0.962. The number of hydrazine groups is 2. The number of aromatic nitrogens is 1. The van der Waals surface area contributed by atoms with Crippen molar-refractivity contribution in [2.24, 2.45) is 5.92 Å². The molecule has 4 amide bonds. The number of hydrogen-bond acceptors (Lipinski definition) is 8. The summed E-state index contributed by atoms with van der Waals surface area (Å²) in [7, 11) is 0. The average molecular weight is 567 g/mol. The van der Waals surface area contributed by atoms with Gasteiger partial charge in [-0.3, -0.25) is 24.1 Å². The predicted octanol–water partition coefficient (Wildman–Crippen LogP) is -0.149. The molecule has 0 saturated carbocycles. The van der Waals surface area contributed by atoms with Gasteiger partial charge in [-0.1, -0.05) is 38.5 Å². The molecule has 0 aliphatic carbocycles. The number of rotatable bonds is 9. The second-order valence-electron chi connectivity index (χ2n) is 10.7. The molecule has 41 heavy (non-hydrogen) atoms. The Morgan fingerprint density at radius 2 is 2.02 bits per heavy atom. The van der Waals surface area contributed by atoms with Crippen LogP contribution in [0, 0.1) is 11.9 Å². The zero-order valence-electron chi connectivity index (χ0n) is 23.0. The highest BCUT2D eigenvalue weighted by atomic mass is 19.1. The summed E-state index contributed by atoms with van der Waals surface area (Å²) >= 11 is 0. The average Bonchev–Trinajstić information content (AvgIpc) is 3.61. The number of carbonyl (C=O) groups is 4. The lowest BCUT2D eigenvalue weighted by Crippen LogP contribution is -2.58. The lowest BCUT2D eigenvalue weighted by Gasteiger charge is -2.30. The van der Waals surface area contributed by atoms with Crippen molar-refractivity contribution >= 4 is 29.3 Å². The lowest BCUT2D eigenvalue weighted by atomic mass is 9.96. The molecule has 0 bridgehead atoms. The van der Waals surface area contributed by atoms with Crippen LogP contribution in [0.4, 0.5) is 10.1 Å². The van der Waals surface area contributed by atoms with Crippen LogP contribution in [0.2, 0.25) is 0 Å². The van der Waals surface area contributed by atoms with Gasteiger partial charge < -0.3 is 16.0 Å². The largest absolute Gasteiger partial charge is 0.353 e. The summed E-state index contributed by atoms with van der Waals surface area (Å²) in [4.78, 5) is 58.7. The molecule has 1 unspecified atom stereocenters. The maximum Gasteiger partial charge on any atom is 0.252 e. The van der Waals surface area contributed by atoms with Crippen LogP contribution in [-0.4, -0.2) is 65.9 Å². The molecule has 218 valence electrons. The minimum absolute atomic E-state index is 0.00139. The number of halogens is 1. The fraction of sp³-hybridized carbons (Fsp3) is 0.464. The molecule has 1 aromatic carbocycles. The molecule has 1 aromatic heterocycles. The van der Waals surface area contributed by atoms with Crippen molar-refractivity contribution in [1.82, 2.24) is 37.3 Å². The molecule has 4 heterocycles. The summed E-state index contributed by atoms with van der Waals surface area (Å²) in [6.45, 7) is 4.72. The third kappa shape index (κ3) is 6.06. The van der Waals surface area contributed by atoms with Gasteiger partial charge in [0.15, 0.2) is 0 Å². The molecule has 1 saturated heterocycles. The van der Waals surface area contributed by atoms with Crippen molar-refractivity contribution < 1.29 is 23.6 Å². The first-order valence-electron chi connectivity index (χ1n) is 13.9. The van der Waals surface area contributed by atoms with Crippen molar-refractivity contribution in [2.75, 3.05) is 18.0 Å². The van der Waals surface area contributed by atoms with E-state index in [2.05, 4.69) is 37.3 Å². The number of amides is 4. The zero-order chi connectivity index (χ0) is 29.1. The molecule has 3 aliphatic heterocycles. The van der Waals surface area contributed by atoms with Gasteiger partial charge in [-0.25, -0.2) is 15.8 Å². The summed E-state index contributed by atoms with van der Waals surface area (Å²) in [6.07, 6.45) is 3.01. The Balaban J connectivity index is 1.33. The third-order valence-electron chi connectivity index (χ3n) is 8.03. The van der Waals surface area contributed by atoms with E-state index < -0.39 is 35.9 Å². The smallest absolute Gasteiger partial charge is 0.252 e. The van der Waals surface area contributed by atoms with Crippen LogP contribution < -0.4 is 37.2 Å². The Morgan fingerprint density at radius 1 is 1.22 bits per heavy atom. The fourth-order valence-electron chi connectivity index (χ4n) is 5.55. The SMILES string of the molecule is CC[C@H](C)[C@H](NC(=O)c1ccnc(F)c1)C(=O)N[C@H]1CCc2cccc3c2N(C1=O)[C@H](C(=O)NCC1CNNN1)C3. The summed E-state index contributed by atoms with van der Waals surface area (Å²) in [5, 5.41) is 8.51. The normalized spacial score (nSPS) is 22.9. The predicted molar refractivity (Wildman–Crippen MR) is 148 cm³/mol. The number of carbonyl (C=O) groups excluding carboxylic acids is 4. The molecule has 13 heteroatoms. The van der Waals surface area contributed by atoms with Gasteiger partial charge >= 0.3 is 0 Å². The van der Waals surface area contributed by atoms with Crippen LogP contribution in [0.25, 0.3) is 0 Å². The Labute approximate surface area is 237 Å². The van der Waals surface area contributed by atoms with Crippen LogP contribution in [0.5, 0.6) is 0 Å². The fourth-order valence-corrected chi connectivity index (χ4v) is 5.55. The van der Waals surface area contributed by atoms with Crippen molar-refractivity contribution in [1.29, 1.82) is 0 Å². The molecule has 5 atom stereocenters. The summed E-state index contributed by atoms with van der Waals surface area (Å²) in [5.41, 5.74) is 11.4. The first kappa shape index (κ1) is 28.6. The summed E-state index contributed by atoms with van der Waals surface area (Å²) < 4.78 is 13.6. The number of pyridine rings is 1. The van der Waals surface area contributed by atoms with E-state index in [1.165, 1.54) is 17.2 Å². The number of anilines is 1. The molecular weight excluding hydrogens is 531 g/mol. The van der Waals surface area contributed by atoms with E-state index in [1.54, 1.807) is 0 Å². The quantitative estimate of drug-likeness (QED) is 0.229. The van der Waals surface area contributed by atoms with Crippen LogP contribution in [0.1, 0.15) is 48.2 Å². The Bertz CT molecular complexity index is 1330. The maximum atomic E-state index is 14.0. The molecule has 6 N–H and O–H groups in total. The third-order valence-corrected chi connectivity index (χ3v) is 8.03. The highest BCUT2D eigenvalue weighted by molar-refractivity contribution is 6.08. The number of nitrogens with zero attached hydrogens (tertiary/aromatic N) is 2. The number of hydrogen-bond donors (Lipinski definition) is 6. The van der Waals surface area contributed by atoms with E-state index >= 15 is 0 Å². The van der Waals surface area contributed by atoms with Crippen LogP contribution in [0.15, 0.2) is 36.5 Å². The topological polar surface area (TPSA) is 157 Å². The molecule has 12 nitrogen and oxygen atoms in total. The molecule has 0 spiro atoms. The molecule has 5 rings (SSSR count). The zero-order valence-corrected chi connectivity index (χ0v) is 23.0. The Kier molecular flexibility index (Phi) is 8.57. The molecular formula is C28H35FN8O4. The van der Waals surface area contributed by atoms with Crippen LogP contribution >= 0.6 is 0 Å². The van der Waals surface area contributed by atoms with E-state index in [0.717, 1.165) is 22.9 Å². The van der Waals surface area contributed by atoms with Gasteiger partial charge in [-0.15, -0.1) is 0 Å². The maximum absolute atomic E-state index is 14.0. The van der Waals surface area contributed by atoms with Crippen LogP contribution in [0.3, 0.4) is 0 Å². The van der Waals surface area contributed by atoms with Crippen molar-refractivity contribution in [3.63, 3.8) is 0 Å². The second-order valence-corrected chi connectivity index (χ2v) is 10.7. The monoisotopic (exact) mass is 566 g/mol. The first-order chi connectivity index (χ1) is 19.8. The van der Waals surface area contributed by atoms with Crippen molar-refractivity contribution in [2.45, 2.75) is 63.7 Å². The highest BCUT2D eigenvalue weighted by Crippen LogP contribution is 2.39. The summed E-state index contributed by atoms with van der Waals surface area (Å²) in [6, 6.07) is 5.55. The minimum Gasteiger partial charge on any atom is -0.353 e. The van der Waals surface area contributed by atoms with E-state index in [9.17, 15) is 23.6 Å². The van der Waals surface area contributed by atoms with Crippen molar-refractivity contribution in [3.8, 4) is 0 Å². The first-order valence-corrected chi connectivity index (χ1v) is 13.9. The molecule has 1 fully saturated rings. The second kappa shape index (κ2) is 12.3. The van der Waals surface area contributed by atoms with Gasteiger partial charge in [-0.05, 0) is 36.0 Å². The number of nitrogens with one attached hydrogen (secondary N) is 6. The molecule has 3 aliphatic rings. The van der Waals surface area contributed by atoms with Gasteiger partial charge in [0.05, 0.1) is 11.7 Å². The Morgan fingerprint density at radius 3 is 2.76 bits per heavy atom. The van der Waals surface area contributed by atoms with Gasteiger partial charge in [0.2, 0.25) is 23.7 Å². The van der Waals surface area contributed by atoms with E-state index in [1.807, 2.05) is 32.0 Å². The highest BCUT2D eigenvalue weighted by Gasteiger charge is 2.44. The Hall–Kier alpha value is -3.94. The van der Waals surface area contributed by atoms with E-state index in [4.69, 9.17) is 0 Å². The number of benzene rings is 1. The molecule has 0 radical (unpaired) electrons. The van der Waals surface area contributed by atoms with Gasteiger partial charge in [0.1, 0.15) is 18.1 Å². The number of para-hydroxylation sites is 1. The standard InChI is InChI=1S/C28H35FN8O4/c1-3-15(2)23(34-25(38)18-9-10-30-22(29)12-18)27(40)33-20-8-7-16-5-4-6-17-11-21(37(24(16)17)28(20)41)26(39)31-13-19-14-32-36-35-19/h4-6,9-10,12,15,19-21,23,32,35-36H,3,7-8,11,13-14H2,1-2H3,(H,31,39)(H,33,40)(H,34,38)/t15-,19?,20-,21-,23-/m0/s1. The van der Waals surface area contributed by atoms with Gasteiger partial charge in [0, 0.05) is 37.3 Å².